The average molecular weight is 347 g/mol. The molecule has 0 N–H and O–H groups in total. The predicted molar refractivity (Wildman–Crippen MR) is 102 cm³/mol. The molecule has 1 atom stereocenters. The van der Waals surface area contributed by atoms with Crippen molar-refractivity contribution in [2.75, 3.05) is 6.26 Å². The number of hydrogen-bond acceptors (Lipinski definition) is 3. The van der Waals surface area contributed by atoms with Crippen LogP contribution in [-0.4, -0.2) is 15.4 Å². The van der Waals surface area contributed by atoms with Crippen molar-refractivity contribution in [2.24, 2.45) is 0 Å². The van der Waals surface area contributed by atoms with Crippen molar-refractivity contribution < 1.29 is 8.63 Å². The van der Waals surface area contributed by atoms with Gasteiger partial charge in [-0.25, -0.2) is 4.98 Å². The topological polar surface area (TPSA) is 43.1 Å². The first kappa shape index (κ1) is 15.8. The van der Waals surface area contributed by atoms with Gasteiger partial charge in [-0.3, -0.25) is 4.21 Å². The summed E-state index contributed by atoms with van der Waals surface area (Å²) in [5.41, 5.74) is 5.86. The Morgan fingerprint density at radius 3 is 2.44 bits per heavy atom. The monoisotopic (exact) mass is 347 g/mol. The van der Waals surface area contributed by atoms with Crippen molar-refractivity contribution in [3.05, 3.63) is 72.3 Å². The third-order valence-electron chi connectivity index (χ3n) is 4.34. The molecule has 0 radical (unpaired) electrons. The zero-order chi connectivity index (χ0) is 17.4. The van der Waals surface area contributed by atoms with E-state index in [0.29, 0.717) is 11.5 Å². The molecule has 124 valence electrons. The normalized spacial score (nSPS) is 12.4. The molecule has 1 aromatic heterocycles. The van der Waals surface area contributed by atoms with E-state index in [1.807, 2.05) is 42.5 Å². The standard InChI is InChI=1S/C21H17NO2S/c1-14-17(15-7-4-3-5-8-15)9-6-10-18(14)21-22-19-12-11-16(25(2)23)13-20(19)24-21/h3-13H,1-2H3. The lowest BCUT2D eigenvalue weighted by atomic mass is 9.96. The van der Waals surface area contributed by atoms with Crippen LogP contribution < -0.4 is 0 Å². The zero-order valence-electron chi connectivity index (χ0n) is 14.0. The Morgan fingerprint density at radius 1 is 0.920 bits per heavy atom. The average Bonchev–Trinajstić information content (AvgIpc) is 3.05. The summed E-state index contributed by atoms with van der Waals surface area (Å²) >= 11 is 0. The lowest BCUT2D eigenvalue weighted by Gasteiger charge is -2.09. The summed E-state index contributed by atoms with van der Waals surface area (Å²) in [5.74, 6) is 0.587. The van der Waals surface area contributed by atoms with Gasteiger partial charge in [0.15, 0.2) is 5.58 Å². The highest BCUT2D eigenvalue weighted by molar-refractivity contribution is 7.84. The molecular weight excluding hydrogens is 330 g/mol. The van der Waals surface area contributed by atoms with E-state index in [2.05, 4.69) is 30.1 Å². The summed E-state index contributed by atoms with van der Waals surface area (Å²) in [6.07, 6.45) is 1.66. The summed E-state index contributed by atoms with van der Waals surface area (Å²) < 4.78 is 17.6. The van der Waals surface area contributed by atoms with Crippen LogP contribution in [0, 0.1) is 6.92 Å². The molecule has 4 aromatic rings. The van der Waals surface area contributed by atoms with Crippen molar-refractivity contribution >= 4 is 21.9 Å². The second-order valence-corrected chi connectivity index (χ2v) is 7.33. The number of rotatable bonds is 3. The second kappa shape index (κ2) is 6.30. The highest BCUT2D eigenvalue weighted by Crippen LogP contribution is 2.33. The van der Waals surface area contributed by atoms with E-state index in [4.69, 9.17) is 4.42 Å². The lowest BCUT2D eigenvalue weighted by Crippen LogP contribution is -1.88. The van der Waals surface area contributed by atoms with Crippen LogP contribution in [0.2, 0.25) is 0 Å². The van der Waals surface area contributed by atoms with Crippen molar-refractivity contribution in [1.82, 2.24) is 4.98 Å². The van der Waals surface area contributed by atoms with Crippen LogP contribution in [0.3, 0.4) is 0 Å². The smallest absolute Gasteiger partial charge is 0.227 e. The van der Waals surface area contributed by atoms with E-state index in [0.717, 1.165) is 27.1 Å². The van der Waals surface area contributed by atoms with Gasteiger partial charge >= 0.3 is 0 Å². The van der Waals surface area contributed by atoms with E-state index < -0.39 is 10.8 Å². The van der Waals surface area contributed by atoms with Gasteiger partial charge in [-0.05, 0) is 47.9 Å². The SMILES string of the molecule is Cc1c(-c2ccccc2)cccc1-c1nc2ccc(S(C)=O)cc2o1. The van der Waals surface area contributed by atoms with Crippen molar-refractivity contribution in [2.45, 2.75) is 11.8 Å². The van der Waals surface area contributed by atoms with Gasteiger partial charge in [0.2, 0.25) is 5.89 Å². The molecule has 0 saturated carbocycles. The number of hydrogen-bond donors (Lipinski definition) is 0. The molecule has 0 spiro atoms. The quantitative estimate of drug-likeness (QED) is 0.511. The first-order chi connectivity index (χ1) is 12.1. The van der Waals surface area contributed by atoms with Gasteiger partial charge in [0.25, 0.3) is 0 Å². The molecule has 1 heterocycles. The maximum atomic E-state index is 11.7. The maximum Gasteiger partial charge on any atom is 0.227 e. The van der Waals surface area contributed by atoms with Gasteiger partial charge in [-0.1, -0.05) is 42.5 Å². The number of aromatic nitrogens is 1. The van der Waals surface area contributed by atoms with Crippen LogP contribution in [-0.2, 0) is 10.8 Å². The third-order valence-corrected chi connectivity index (χ3v) is 5.26. The van der Waals surface area contributed by atoms with Crippen LogP contribution >= 0.6 is 0 Å². The lowest BCUT2D eigenvalue weighted by molar-refractivity contribution is 0.618. The minimum absolute atomic E-state index is 0.587. The van der Waals surface area contributed by atoms with Crippen molar-refractivity contribution in [3.63, 3.8) is 0 Å². The Labute approximate surface area is 148 Å². The molecule has 0 amide bonds. The molecule has 0 saturated heterocycles. The number of benzene rings is 3. The summed E-state index contributed by atoms with van der Waals surface area (Å²) in [4.78, 5) is 5.35. The number of fused-ring (bicyclic) bond motifs is 1. The highest BCUT2D eigenvalue weighted by Gasteiger charge is 2.14. The summed E-state index contributed by atoms with van der Waals surface area (Å²) in [6.45, 7) is 2.08. The van der Waals surface area contributed by atoms with Gasteiger partial charge in [0.1, 0.15) is 5.52 Å². The molecule has 0 aliphatic rings. The van der Waals surface area contributed by atoms with Gasteiger partial charge in [0.05, 0.1) is 0 Å². The first-order valence-electron chi connectivity index (χ1n) is 8.03. The molecule has 1 unspecified atom stereocenters. The summed E-state index contributed by atoms with van der Waals surface area (Å²) in [6, 6.07) is 21.9. The van der Waals surface area contributed by atoms with Gasteiger partial charge in [0, 0.05) is 27.5 Å². The molecule has 0 aliphatic heterocycles. The molecule has 0 aliphatic carbocycles. The van der Waals surface area contributed by atoms with Crippen LogP contribution in [0.1, 0.15) is 5.56 Å². The molecule has 4 rings (SSSR count). The van der Waals surface area contributed by atoms with Crippen LogP contribution in [0.25, 0.3) is 33.7 Å². The molecule has 25 heavy (non-hydrogen) atoms. The summed E-state index contributed by atoms with van der Waals surface area (Å²) in [5, 5.41) is 0. The van der Waals surface area contributed by atoms with E-state index >= 15 is 0 Å². The minimum atomic E-state index is -1.04. The largest absolute Gasteiger partial charge is 0.436 e. The Hall–Kier alpha value is -2.72. The fourth-order valence-corrected chi connectivity index (χ4v) is 3.53. The second-order valence-electron chi connectivity index (χ2n) is 5.95. The minimum Gasteiger partial charge on any atom is -0.436 e. The Balaban J connectivity index is 1.85. The Kier molecular flexibility index (Phi) is 3.98. The molecule has 3 nitrogen and oxygen atoms in total. The zero-order valence-corrected chi connectivity index (χ0v) is 14.8. The maximum absolute atomic E-state index is 11.7. The summed E-state index contributed by atoms with van der Waals surface area (Å²) in [7, 11) is -1.04. The van der Waals surface area contributed by atoms with Gasteiger partial charge in [-0.2, -0.15) is 0 Å². The fraction of sp³-hybridized carbons (Fsp3) is 0.0952. The van der Waals surface area contributed by atoms with Crippen molar-refractivity contribution in [1.29, 1.82) is 0 Å². The van der Waals surface area contributed by atoms with E-state index in [-0.39, 0.29) is 0 Å². The van der Waals surface area contributed by atoms with Crippen LogP contribution in [0.15, 0.2) is 76.0 Å². The molecular formula is C21H17NO2S. The molecule has 0 bridgehead atoms. The fourth-order valence-electron chi connectivity index (χ4n) is 3.00. The number of nitrogens with zero attached hydrogens (tertiary/aromatic N) is 1. The van der Waals surface area contributed by atoms with E-state index in [1.54, 1.807) is 12.3 Å². The van der Waals surface area contributed by atoms with E-state index in [1.165, 1.54) is 5.56 Å². The molecule has 4 heteroatoms. The van der Waals surface area contributed by atoms with E-state index in [9.17, 15) is 4.21 Å². The number of oxazole rings is 1. The van der Waals surface area contributed by atoms with Gasteiger partial charge in [-0.15, -0.1) is 0 Å². The van der Waals surface area contributed by atoms with Crippen LogP contribution in [0.5, 0.6) is 0 Å². The predicted octanol–water partition coefficient (Wildman–Crippen LogP) is 5.21. The van der Waals surface area contributed by atoms with Crippen molar-refractivity contribution in [3.8, 4) is 22.6 Å². The Bertz CT molecular complexity index is 1080. The highest BCUT2D eigenvalue weighted by atomic mass is 32.2. The first-order valence-corrected chi connectivity index (χ1v) is 9.59. The van der Waals surface area contributed by atoms with Gasteiger partial charge < -0.3 is 4.42 Å². The molecule has 0 fully saturated rings. The van der Waals surface area contributed by atoms with Crippen LogP contribution in [0.4, 0.5) is 0 Å². The third kappa shape index (κ3) is 2.89. The molecule has 3 aromatic carbocycles. The Morgan fingerprint density at radius 2 is 1.68 bits per heavy atom.